The van der Waals surface area contributed by atoms with Crippen LogP contribution in [-0.4, -0.2) is 48.8 Å². The minimum Gasteiger partial charge on any atom is -0.508 e. The molecule has 4 aromatic carbocycles. The highest BCUT2D eigenvalue weighted by molar-refractivity contribution is 7.99. The lowest BCUT2D eigenvalue weighted by Crippen LogP contribution is -2.06. The van der Waals surface area contributed by atoms with Gasteiger partial charge in [0.15, 0.2) is 0 Å². The lowest BCUT2D eigenvalue weighted by Gasteiger charge is -1.99. The zero-order valence-electron chi connectivity index (χ0n) is 20.1. The van der Waals surface area contributed by atoms with Gasteiger partial charge in [0.1, 0.15) is 23.7 Å². The van der Waals surface area contributed by atoms with Crippen LogP contribution in [0.2, 0.25) is 0 Å². The third-order valence-corrected chi connectivity index (χ3v) is 5.66. The Morgan fingerprint density at radius 3 is 1.11 bits per heavy atom. The Balaban J connectivity index is 0.000000139. The maximum absolute atomic E-state index is 8.63. The maximum Gasteiger partial charge on any atom is 0.115 e. The molecule has 188 valence electrons. The summed E-state index contributed by atoms with van der Waals surface area (Å²) in [6, 6.07) is 38.2. The topological polar surface area (TPSA) is 74.8 Å². The number of hydrogen-bond acceptors (Lipinski definition) is 6. The molecular formula is C30H32O5S. The molecule has 4 aromatic rings. The number of ether oxygens (including phenoxy) is 3. The largest absolute Gasteiger partial charge is 0.508 e. The molecule has 2 N–H and O–H groups in total. The summed E-state index contributed by atoms with van der Waals surface area (Å²) in [7, 11) is 0. The smallest absolute Gasteiger partial charge is 0.115 e. The molecule has 0 aromatic heterocycles. The quantitative estimate of drug-likeness (QED) is 0.295. The highest BCUT2D eigenvalue weighted by Crippen LogP contribution is 2.26. The molecule has 2 heterocycles. The SMILES string of the molecule is C(OCC1CO1)C1CO1.Oc1ccccc1.Oc1ccccc1.c1ccc(Sc2ccccc2)cc1. The van der Waals surface area contributed by atoms with Crippen LogP contribution in [0.25, 0.3) is 0 Å². The third kappa shape index (κ3) is 13.6. The van der Waals surface area contributed by atoms with Crippen LogP contribution in [0, 0.1) is 0 Å². The van der Waals surface area contributed by atoms with E-state index in [0.717, 1.165) is 26.4 Å². The number of para-hydroxylation sites is 2. The first-order chi connectivity index (χ1) is 17.7. The predicted molar refractivity (Wildman–Crippen MR) is 144 cm³/mol. The maximum atomic E-state index is 8.63. The molecule has 0 bridgehead atoms. The first-order valence-electron chi connectivity index (χ1n) is 11.8. The van der Waals surface area contributed by atoms with E-state index in [1.165, 1.54) is 9.79 Å². The van der Waals surface area contributed by atoms with Crippen molar-refractivity contribution in [3.05, 3.63) is 121 Å². The monoisotopic (exact) mass is 504 g/mol. The van der Waals surface area contributed by atoms with Crippen LogP contribution in [0.1, 0.15) is 0 Å². The van der Waals surface area contributed by atoms with E-state index in [1.807, 2.05) is 24.3 Å². The van der Waals surface area contributed by atoms with Crippen LogP contribution < -0.4 is 0 Å². The zero-order valence-corrected chi connectivity index (χ0v) is 20.9. The first kappa shape index (κ1) is 27.3. The van der Waals surface area contributed by atoms with Gasteiger partial charge in [0.25, 0.3) is 0 Å². The molecule has 0 aliphatic carbocycles. The zero-order chi connectivity index (χ0) is 25.3. The molecule has 0 saturated carbocycles. The summed E-state index contributed by atoms with van der Waals surface area (Å²) in [5, 5.41) is 17.3. The molecule has 2 atom stereocenters. The molecule has 2 fully saturated rings. The van der Waals surface area contributed by atoms with E-state index in [2.05, 4.69) is 48.5 Å². The van der Waals surface area contributed by atoms with E-state index >= 15 is 0 Å². The Bertz CT molecular complexity index is 971. The number of rotatable bonds is 6. The second-order valence-corrected chi connectivity index (χ2v) is 8.99. The van der Waals surface area contributed by atoms with Crippen LogP contribution in [0.5, 0.6) is 11.5 Å². The minimum absolute atomic E-state index is 0.322. The van der Waals surface area contributed by atoms with Crippen molar-refractivity contribution >= 4 is 11.8 Å². The van der Waals surface area contributed by atoms with Crippen LogP contribution in [0.3, 0.4) is 0 Å². The molecular weight excluding hydrogens is 472 g/mol. The molecule has 2 unspecified atom stereocenters. The van der Waals surface area contributed by atoms with E-state index in [1.54, 1.807) is 60.3 Å². The summed E-state index contributed by atoms with van der Waals surface area (Å²) in [5.41, 5.74) is 0. The minimum atomic E-state index is 0.322. The highest BCUT2D eigenvalue weighted by Gasteiger charge is 2.26. The van der Waals surface area contributed by atoms with Crippen LogP contribution in [0.15, 0.2) is 131 Å². The average molecular weight is 505 g/mol. The summed E-state index contributed by atoms with van der Waals surface area (Å²) < 4.78 is 15.1. The lowest BCUT2D eigenvalue weighted by atomic mass is 10.3. The fourth-order valence-corrected chi connectivity index (χ4v) is 3.49. The number of benzene rings is 4. The Hall–Kier alpha value is -3.29. The molecule has 36 heavy (non-hydrogen) atoms. The van der Waals surface area contributed by atoms with Crippen molar-refractivity contribution in [2.45, 2.75) is 22.0 Å². The standard InChI is InChI=1S/C12H10S.C6H10O3.2C6H6O/c1-3-7-11(8-4-1)13-12-9-5-2-6-10-12;1(5-3-8-5)7-2-6-4-9-6;2*7-6-4-2-1-3-5-6/h1-10H;5-6H,1-4H2;2*1-5,7H. The Morgan fingerprint density at radius 1 is 0.556 bits per heavy atom. The second kappa shape index (κ2) is 16.4. The van der Waals surface area contributed by atoms with E-state index in [4.69, 9.17) is 24.4 Å². The fraction of sp³-hybridized carbons (Fsp3) is 0.200. The molecule has 5 nitrogen and oxygen atoms in total. The summed E-state index contributed by atoms with van der Waals surface area (Å²) in [6.07, 6.45) is 0.785. The van der Waals surface area contributed by atoms with Gasteiger partial charge in [-0.05, 0) is 48.5 Å². The molecule has 2 aliphatic heterocycles. The predicted octanol–water partition coefficient (Wildman–Crippen LogP) is 6.42. The Kier molecular flexibility index (Phi) is 12.4. The number of phenols is 2. The van der Waals surface area contributed by atoms with Gasteiger partial charge in [-0.2, -0.15) is 0 Å². The van der Waals surface area contributed by atoms with E-state index in [9.17, 15) is 0 Å². The second-order valence-electron chi connectivity index (χ2n) is 7.85. The van der Waals surface area contributed by atoms with Gasteiger partial charge in [0, 0.05) is 9.79 Å². The summed E-state index contributed by atoms with van der Waals surface area (Å²) in [6.45, 7) is 3.26. The number of phenolic OH excluding ortho intramolecular Hbond substituents is 2. The van der Waals surface area contributed by atoms with Gasteiger partial charge in [-0.15, -0.1) is 0 Å². The molecule has 0 radical (unpaired) electrons. The van der Waals surface area contributed by atoms with Gasteiger partial charge < -0.3 is 24.4 Å². The van der Waals surface area contributed by atoms with Crippen LogP contribution in [-0.2, 0) is 14.2 Å². The fourth-order valence-electron chi connectivity index (χ4n) is 2.63. The van der Waals surface area contributed by atoms with E-state index in [0.29, 0.717) is 23.7 Å². The number of epoxide rings is 2. The number of hydrogen-bond donors (Lipinski definition) is 2. The van der Waals surface area contributed by atoms with Crippen molar-refractivity contribution in [3.63, 3.8) is 0 Å². The van der Waals surface area contributed by atoms with Crippen molar-refractivity contribution in [3.8, 4) is 11.5 Å². The highest BCUT2D eigenvalue weighted by atomic mass is 32.2. The van der Waals surface area contributed by atoms with Crippen LogP contribution >= 0.6 is 11.8 Å². The first-order valence-corrected chi connectivity index (χ1v) is 12.6. The molecule has 0 amide bonds. The Labute approximate surface area is 217 Å². The lowest BCUT2D eigenvalue weighted by molar-refractivity contribution is 0.102. The van der Waals surface area contributed by atoms with Crippen LogP contribution in [0.4, 0.5) is 0 Å². The Morgan fingerprint density at radius 2 is 0.861 bits per heavy atom. The van der Waals surface area contributed by atoms with Gasteiger partial charge in [-0.1, -0.05) is 84.6 Å². The van der Waals surface area contributed by atoms with Crippen molar-refractivity contribution in [2.24, 2.45) is 0 Å². The molecule has 6 heteroatoms. The normalized spacial score (nSPS) is 16.6. The molecule has 2 saturated heterocycles. The van der Waals surface area contributed by atoms with Gasteiger partial charge in [-0.3, -0.25) is 0 Å². The molecule has 0 spiro atoms. The van der Waals surface area contributed by atoms with Crippen molar-refractivity contribution in [1.82, 2.24) is 0 Å². The van der Waals surface area contributed by atoms with Crippen molar-refractivity contribution < 1.29 is 24.4 Å². The summed E-state index contributed by atoms with van der Waals surface area (Å²) in [4.78, 5) is 2.57. The van der Waals surface area contributed by atoms with Crippen molar-refractivity contribution in [2.75, 3.05) is 26.4 Å². The van der Waals surface area contributed by atoms with Gasteiger partial charge in [0.05, 0.1) is 26.4 Å². The van der Waals surface area contributed by atoms with Gasteiger partial charge >= 0.3 is 0 Å². The van der Waals surface area contributed by atoms with E-state index < -0.39 is 0 Å². The molecule has 6 rings (SSSR count). The van der Waals surface area contributed by atoms with Gasteiger partial charge in [0.2, 0.25) is 0 Å². The average Bonchev–Trinajstić information content (AvgIpc) is 3.85. The number of aromatic hydroxyl groups is 2. The third-order valence-electron chi connectivity index (χ3n) is 4.65. The summed E-state index contributed by atoms with van der Waals surface area (Å²) >= 11 is 1.79. The molecule has 2 aliphatic rings. The summed E-state index contributed by atoms with van der Waals surface area (Å²) in [5.74, 6) is 0.644. The van der Waals surface area contributed by atoms with Crippen molar-refractivity contribution in [1.29, 1.82) is 0 Å². The van der Waals surface area contributed by atoms with E-state index in [-0.39, 0.29) is 0 Å². The van der Waals surface area contributed by atoms with Gasteiger partial charge in [-0.25, -0.2) is 0 Å².